The largest absolute Gasteiger partial charge is 0.507 e. The van der Waals surface area contributed by atoms with Gasteiger partial charge in [0.15, 0.2) is 5.82 Å². The van der Waals surface area contributed by atoms with E-state index in [4.69, 9.17) is 17.0 Å². The molecule has 4 rings (SSSR count). The normalized spacial score (nSPS) is 11.3. The molecule has 0 amide bonds. The first-order chi connectivity index (χ1) is 13.2. The summed E-state index contributed by atoms with van der Waals surface area (Å²) in [6.45, 7) is 0. The quantitative estimate of drug-likeness (QED) is 0.410. The number of nitrogens with one attached hydrogen (secondary N) is 1. The number of aromatic amines is 1. The smallest absolute Gasteiger partial charge is 0.216 e. The van der Waals surface area contributed by atoms with Crippen molar-refractivity contribution in [3.8, 4) is 22.9 Å². The number of rotatable bonds is 4. The molecule has 4 aromatic rings. The fraction of sp³-hybridized carbons (Fsp3) is 0.0500. The molecule has 1 heterocycles. The molecule has 1 aromatic heterocycles. The summed E-state index contributed by atoms with van der Waals surface area (Å²) in [6, 6.07) is 18.8. The molecular formula is C20H16N4O2S. The number of nitrogens with zero attached hydrogens (tertiary/aromatic N) is 3. The molecule has 0 fully saturated rings. The lowest BCUT2D eigenvalue weighted by Crippen LogP contribution is -1.96. The predicted octanol–water partition coefficient (Wildman–Crippen LogP) is 4.36. The minimum Gasteiger partial charge on any atom is -0.507 e. The van der Waals surface area contributed by atoms with Gasteiger partial charge in [0.25, 0.3) is 0 Å². The van der Waals surface area contributed by atoms with E-state index >= 15 is 0 Å². The Morgan fingerprint density at radius 1 is 1.15 bits per heavy atom. The van der Waals surface area contributed by atoms with Crippen LogP contribution < -0.4 is 4.74 Å². The highest BCUT2D eigenvalue weighted by molar-refractivity contribution is 7.71. The Kier molecular flexibility index (Phi) is 4.43. The zero-order chi connectivity index (χ0) is 18.8. The summed E-state index contributed by atoms with van der Waals surface area (Å²) < 4.78 is 7.14. The van der Waals surface area contributed by atoms with Crippen LogP contribution in [-0.4, -0.2) is 33.3 Å². The maximum absolute atomic E-state index is 10.3. The molecule has 0 aliphatic carbocycles. The molecule has 7 heteroatoms. The molecule has 0 saturated carbocycles. The summed E-state index contributed by atoms with van der Waals surface area (Å²) in [5, 5.41) is 23.7. The van der Waals surface area contributed by atoms with Crippen LogP contribution in [0.15, 0.2) is 65.8 Å². The van der Waals surface area contributed by atoms with E-state index in [0.717, 1.165) is 16.3 Å². The van der Waals surface area contributed by atoms with E-state index in [1.807, 2.05) is 54.6 Å². The number of benzene rings is 3. The maximum atomic E-state index is 10.3. The van der Waals surface area contributed by atoms with Crippen LogP contribution in [0.4, 0.5) is 0 Å². The molecule has 0 aliphatic rings. The lowest BCUT2D eigenvalue weighted by Gasteiger charge is -2.06. The number of H-pyrrole nitrogens is 1. The van der Waals surface area contributed by atoms with Gasteiger partial charge >= 0.3 is 0 Å². The second-order valence-corrected chi connectivity index (χ2v) is 6.25. The second-order valence-electron chi connectivity index (χ2n) is 5.86. The third-order valence-corrected chi connectivity index (χ3v) is 4.49. The Morgan fingerprint density at radius 3 is 2.85 bits per heavy atom. The molecule has 0 saturated heterocycles. The first-order valence-electron chi connectivity index (χ1n) is 8.24. The molecular weight excluding hydrogens is 360 g/mol. The SMILES string of the molecule is COc1cccc(-c2n[nH]c(=S)n2/N=C/c2c(O)ccc3ccccc23)c1. The third-order valence-electron chi connectivity index (χ3n) is 4.23. The summed E-state index contributed by atoms with van der Waals surface area (Å²) >= 11 is 5.32. The average molecular weight is 376 g/mol. The van der Waals surface area contributed by atoms with Gasteiger partial charge in [0, 0.05) is 11.1 Å². The lowest BCUT2D eigenvalue weighted by atomic mass is 10.0. The zero-order valence-corrected chi connectivity index (χ0v) is 15.3. The van der Waals surface area contributed by atoms with Gasteiger partial charge in [0.2, 0.25) is 4.77 Å². The number of phenols is 1. The van der Waals surface area contributed by atoms with Crippen LogP contribution in [0.3, 0.4) is 0 Å². The van der Waals surface area contributed by atoms with Crippen molar-refractivity contribution in [1.82, 2.24) is 14.9 Å². The minimum atomic E-state index is 0.149. The number of hydrogen-bond donors (Lipinski definition) is 2. The number of methoxy groups -OCH3 is 1. The van der Waals surface area contributed by atoms with Crippen molar-refractivity contribution in [2.24, 2.45) is 5.10 Å². The Balaban J connectivity index is 1.82. The number of fused-ring (bicyclic) bond motifs is 1. The highest BCUT2D eigenvalue weighted by Gasteiger charge is 2.10. The third kappa shape index (κ3) is 3.20. The van der Waals surface area contributed by atoms with Crippen LogP contribution in [0.25, 0.3) is 22.2 Å². The van der Waals surface area contributed by atoms with E-state index in [2.05, 4.69) is 15.3 Å². The standard InChI is InChI=1S/C20H16N4O2S/c1-26-15-7-4-6-14(11-15)19-22-23-20(27)24(19)21-12-17-16-8-3-2-5-13(16)9-10-18(17)25/h2-12,25H,1H3,(H,23,27)/b21-12+. The molecule has 2 N–H and O–H groups in total. The lowest BCUT2D eigenvalue weighted by molar-refractivity contribution is 0.415. The predicted molar refractivity (Wildman–Crippen MR) is 108 cm³/mol. The van der Waals surface area contributed by atoms with Crippen LogP contribution in [0, 0.1) is 4.77 Å². The van der Waals surface area contributed by atoms with Crippen molar-refractivity contribution in [3.05, 3.63) is 71.0 Å². The fourth-order valence-electron chi connectivity index (χ4n) is 2.88. The highest BCUT2D eigenvalue weighted by atomic mass is 32.1. The van der Waals surface area contributed by atoms with Gasteiger partial charge in [-0.15, -0.1) is 0 Å². The Labute approximate surface area is 160 Å². The Hall–Kier alpha value is -3.45. The molecule has 0 radical (unpaired) electrons. The van der Waals surface area contributed by atoms with Gasteiger partial charge < -0.3 is 9.84 Å². The van der Waals surface area contributed by atoms with Crippen LogP contribution >= 0.6 is 12.2 Å². The topological polar surface area (TPSA) is 75.4 Å². The number of phenolic OH excluding ortho intramolecular Hbond substituents is 1. The fourth-order valence-corrected chi connectivity index (χ4v) is 3.06. The molecule has 0 spiro atoms. The van der Waals surface area contributed by atoms with Crippen molar-refractivity contribution in [2.75, 3.05) is 7.11 Å². The number of aromatic nitrogens is 3. The van der Waals surface area contributed by atoms with Gasteiger partial charge in [0.05, 0.1) is 13.3 Å². The molecule has 0 atom stereocenters. The van der Waals surface area contributed by atoms with E-state index in [1.54, 1.807) is 19.4 Å². The van der Waals surface area contributed by atoms with Crippen LogP contribution in [0.2, 0.25) is 0 Å². The summed E-state index contributed by atoms with van der Waals surface area (Å²) in [7, 11) is 1.61. The van der Waals surface area contributed by atoms with Gasteiger partial charge in [-0.05, 0) is 41.2 Å². The van der Waals surface area contributed by atoms with Crippen molar-refractivity contribution in [3.63, 3.8) is 0 Å². The first-order valence-corrected chi connectivity index (χ1v) is 8.65. The van der Waals surface area contributed by atoms with E-state index in [9.17, 15) is 5.11 Å². The number of aromatic hydroxyl groups is 1. The second kappa shape index (κ2) is 7.05. The van der Waals surface area contributed by atoms with Crippen molar-refractivity contribution >= 4 is 29.2 Å². The van der Waals surface area contributed by atoms with E-state index in [1.165, 1.54) is 4.68 Å². The van der Waals surface area contributed by atoms with Gasteiger partial charge in [0.1, 0.15) is 11.5 Å². The number of hydrogen-bond acceptors (Lipinski definition) is 5. The van der Waals surface area contributed by atoms with Crippen molar-refractivity contribution in [1.29, 1.82) is 0 Å². The van der Waals surface area contributed by atoms with Crippen LogP contribution in [-0.2, 0) is 0 Å². The summed E-state index contributed by atoms with van der Waals surface area (Å²) in [5.74, 6) is 1.41. The number of ether oxygens (including phenoxy) is 1. The molecule has 0 unspecified atom stereocenters. The summed E-state index contributed by atoms with van der Waals surface area (Å²) in [6.07, 6.45) is 1.59. The molecule has 6 nitrogen and oxygen atoms in total. The average Bonchev–Trinajstić information content (AvgIpc) is 3.08. The Morgan fingerprint density at radius 2 is 2.00 bits per heavy atom. The highest BCUT2D eigenvalue weighted by Crippen LogP contribution is 2.26. The van der Waals surface area contributed by atoms with Crippen molar-refractivity contribution in [2.45, 2.75) is 0 Å². The molecule has 134 valence electrons. The molecule has 0 bridgehead atoms. The van der Waals surface area contributed by atoms with Crippen molar-refractivity contribution < 1.29 is 9.84 Å². The van der Waals surface area contributed by atoms with Crippen LogP contribution in [0.5, 0.6) is 11.5 Å². The minimum absolute atomic E-state index is 0.149. The molecule has 3 aromatic carbocycles. The Bertz CT molecular complexity index is 1210. The van der Waals surface area contributed by atoms with E-state index in [0.29, 0.717) is 21.9 Å². The van der Waals surface area contributed by atoms with Gasteiger partial charge in [-0.2, -0.15) is 14.9 Å². The molecule has 0 aliphatic heterocycles. The maximum Gasteiger partial charge on any atom is 0.216 e. The summed E-state index contributed by atoms with van der Waals surface area (Å²) in [5.41, 5.74) is 1.42. The first kappa shape index (κ1) is 17.0. The summed E-state index contributed by atoms with van der Waals surface area (Å²) in [4.78, 5) is 0. The molecule has 27 heavy (non-hydrogen) atoms. The zero-order valence-electron chi connectivity index (χ0n) is 14.5. The van der Waals surface area contributed by atoms with Crippen LogP contribution in [0.1, 0.15) is 5.56 Å². The monoisotopic (exact) mass is 376 g/mol. The van der Waals surface area contributed by atoms with E-state index < -0.39 is 0 Å². The van der Waals surface area contributed by atoms with Gasteiger partial charge in [-0.1, -0.05) is 42.5 Å². The van der Waals surface area contributed by atoms with E-state index in [-0.39, 0.29) is 5.75 Å². The van der Waals surface area contributed by atoms with Gasteiger partial charge in [-0.25, -0.2) is 5.10 Å². The van der Waals surface area contributed by atoms with Gasteiger partial charge in [-0.3, -0.25) is 0 Å².